The molecule has 0 spiro atoms. The van der Waals surface area contributed by atoms with E-state index < -0.39 is 0 Å². The van der Waals surface area contributed by atoms with Crippen molar-refractivity contribution in [1.29, 1.82) is 0 Å². The molecule has 0 radical (unpaired) electrons. The van der Waals surface area contributed by atoms with E-state index in [1.807, 2.05) is 25.1 Å². The molecule has 2 aromatic rings. The van der Waals surface area contributed by atoms with Crippen LogP contribution in [-0.2, 0) is 0 Å². The maximum atomic E-state index is 9.65. The Morgan fingerprint density at radius 1 is 1.12 bits per heavy atom. The van der Waals surface area contributed by atoms with Gasteiger partial charge in [0.05, 0.1) is 18.4 Å². The topological polar surface area (TPSA) is 44.7 Å². The molecule has 3 rings (SSSR count). The summed E-state index contributed by atoms with van der Waals surface area (Å²) in [7, 11) is 0. The molecule has 25 heavy (non-hydrogen) atoms. The fraction of sp³-hybridized carbons (Fsp3) is 0.429. The number of piperidine rings is 1. The molecule has 1 aliphatic rings. The van der Waals surface area contributed by atoms with Crippen molar-refractivity contribution in [2.24, 2.45) is 0 Å². The lowest BCUT2D eigenvalue weighted by Crippen LogP contribution is -2.35. The summed E-state index contributed by atoms with van der Waals surface area (Å²) in [5.41, 5.74) is 3.50. The molecular weight excluding hydrogens is 312 g/mol. The van der Waals surface area contributed by atoms with Gasteiger partial charge in [-0.05, 0) is 56.5 Å². The van der Waals surface area contributed by atoms with Gasteiger partial charge in [0, 0.05) is 24.8 Å². The van der Waals surface area contributed by atoms with Crippen LogP contribution < -0.4 is 15.0 Å². The highest BCUT2D eigenvalue weighted by Crippen LogP contribution is 2.29. The van der Waals surface area contributed by atoms with E-state index in [1.54, 1.807) is 0 Å². The molecule has 4 nitrogen and oxygen atoms in total. The Hall–Kier alpha value is -2.20. The molecule has 0 aliphatic carbocycles. The zero-order chi connectivity index (χ0) is 17.6. The maximum absolute atomic E-state index is 9.65. The molecule has 1 fully saturated rings. The van der Waals surface area contributed by atoms with Gasteiger partial charge in [-0.3, -0.25) is 0 Å². The van der Waals surface area contributed by atoms with Crippen molar-refractivity contribution in [3.05, 3.63) is 54.1 Å². The monoisotopic (exact) mass is 340 g/mol. The first-order valence-corrected chi connectivity index (χ1v) is 9.18. The van der Waals surface area contributed by atoms with Gasteiger partial charge in [-0.25, -0.2) is 0 Å². The van der Waals surface area contributed by atoms with E-state index in [4.69, 9.17) is 4.74 Å². The highest BCUT2D eigenvalue weighted by molar-refractivity contribution is 5.58. The van der Waals surface area contributed by atoms with Gasteiger partial charge in [-0.2, -0.15) is 0 Å². The Kier molecular flexibility index (Phi) is 5.82. The highest BCUT2D eigenvalue weighted by Gasteiger charge is 2.17. The third-order valence-electron chi connectivity index (χ3n) is 4.78. The van der Waals surface area contributed by atoms with E-state index in [0.717, 1.165) is 37.4 Å². The average molecular weight is 340 g/mol. The Bertz CT molecular complexity index is 664. The molecule has 0 amide bonds. The van der Waals surface area contributed by atoms with Crippen molar-refractivity contribution in [2.75, 3.05) is 29.9 Å². The van der Waals surface area contributed by atoms with Crippen molar-refractivity contribution in [3.8, 4) is 5.75 Å². The van der Waals surface area contributed by atoms with Crippen molar-refractivity contribution in [3.63, 3.8) is 0 Å². The van der Waals surface area contributed by atoms with Gasteiger partial charge in [0.25, 0.3) is 0 Å². The van der Waals surface area contributed by atoms with Crippen LogP contribution in [0.4, 0.5) is 11.4 Å². The van der Waals surface area contributed by atoms with Gasteiger partial charge in [0.2, 0.25) is 0 Å². The van der Waals surface area contributed by atoms with Crippen LogP contribution in [-0.4, -0.2) is 30.9 Å². The van der Waals surface area contributed by atoms with Crippen LogP contribution in [0.3, 0.4) is 0 Å². The van der Waals surface area contributed by atoms with E-state index in [9.17, 15) is 5.11 Å². The number of benzene rings is 2. The standard InChI is InChI=1S/C21H28N2O2/c1-3-25-21-7-5-4-6-20(21)22-16(2)17-8-10-18(11-9-17)23-14-12-19(24)13-15-23/h4-11,16,19,22,24H,3,12-15H2,1-2H3. The third-order valence-corrected chi connectivity index (χ3v) is 4.78. The van der Waals surface area contributed by atoms with Gasteiger partial charge in [-0.15, -0.1) is 0 Å². The minimum atomic E-state index is -0.134. The number of hydrogen-bond donors (Lipinski definition) is 2. The molecule has 1 atom stereocenters. The lowest BCUT2D eigenvalue weighted by molar-refractivity contribution is 0.145. The lowest BCUT2D eigenvalue weighted by atomic mass is 10.0. The van der Waals surface area contributed by atoms with Crippen LogP contribution in [0.15, 0.2) is 48.5 Å². The van der Waals surface area contributed by atoms with Crippen molar-refractivity contribution in [1.82, 2.24) is 0 Å². The molecule has 2 aromatic carbocycles. The number of rotatable bonds is 6. The second-order valence-electron chi connectivity index (χ2n) is 6.60. The van der Waals surface area contributed by atoms with Gasteiger partial charge >= 0.3 is 0 Å². The van der Waals surface area contributed by atoms with E-state index in [2.05, 4.69) is 47.5 Å². The van der Waals surface area contributed by atoms with Crippen LogP contribution in [0.5, 0.6) is 5.75 Å². The molecule has 1 aliphatic heterocycles. The summed E-state index contributed by atoms with van der Waals surface area (Å²) in [6.07, 6.45) is 1.58. The molecule has 1 heterocycles. The first kappa shape index (κ1) is 17.6. The summed E-state index contributed by atoms with van der Waals surface area (Å²) in [6, 6.07) is 17.0. The Morgan fingerprint density at radius 3 is 2.48 bits per heavy atom. The highest BCUT2D eigenvalue weighted by atomic mass is 16.5. The van der Waals surface area contributed by atoms with Crippen LogP contribution in [0.2, 0.25) is 0 Å². The minimum Gasteiger partial charge on any atom is -0.492 e. The number of para-hydroxylation sites is 2. The fourth-order valence-electron chi connectivity index (χ4n) is 3.28. The number of hydrogen-bond acceptors (Lipinski definition) is 4. The zero-order valence-corrected chi connectivity index (χ0v) is 15.1. The number of aliphatic hydroxyl groups is 1. The van der Waals surface area contributed by atoms with Crippen molar-refractivity contribution < 1.29 is 9.84 Å². The normalized spacial score (nSPS) is 16.5. The Morgan fingerprint density at radius 2 is 1.80 bits per heavy atom. The number of ether oxygens (including phenoxy) is 1. The molecule has 2 N–H and O–H groups in total. The first-order chi connectivity index (χ1) is 12.2. The maximum Gasteiger partial charge on any atom is 0.142 e. The largest absolute Gasteiger partial charge is 0.492 e. The predicted molar refractivity (Wildman–Crippen MR) is 104 cm³/mol. The summed E-state index contributed by atoms with van der Waals surface area (Å²) in [5.74, 6) is 0.889. The second-order valence-corrected chi connectivity index (χ2v) is 6.60. The molecular formula is C21H28N2O2. The van der Waals surface area contributed by atoms with Crippen molar-refractivity contribution >= 4 is 11.4 Å². The summed E-state index contributed by atoms with van der Waals surface area (Å²) >= 11 is 0. The summed E-state index contributed by atoms with van der Waals surface area (Å²) < 4.78 is 5.69. The minimum absolute atomic E-state index is 0.134. The molecule has 0 aromatic heterocycles. The Balaban J connectivity index is 1.66. The van der Waals surface area contributed by atoms with Gasteiger partial charge in [0.15, 0.2) is 0 Å². The van der Waals surface area contributed by atoms with Crippen LogP contribution in [0.1, 0.15) is 38.3 Å². The molecule has 1 unspecified atom stereocenters. The molecule has 0 bridgehead atoms. The SMILES string of the molecule is CCOc1ccccc1NC(C)c1ccc(N2CCC(O)CC2)cc1. The van der Waals surface area contributed by atoms with Crippen LogP contribution in [0.25, 0.3) is 0 Å². The lowest BCUT2D eigenvalue weighted by Gasteiger charge is -2.31. The fourth-order valence-corrected chi connectivity index (χ4v) is 3.28. The average Bonchev–Trinajstić information content (AvgIpc) is 2.64. The van der Waals surface area contributed by atoms with Crippen LogP contribution >= 0.6 is 0 Å². The summed E-state index contributed by atoms with van der Waals surface area (Å²) in [6.45, 7) is 6.67. The molecule has 134 valence electrons. The van der Waals surface area contributed by atoms with E-state index in [-0.39, 0.29) is 12.1 Å². The van der Waals surface area contributed by atoms with E-state index in [1.165, 1.54) is 11.3 Å². The number of anilines is 2. The number of aliphatic hydroxyl groups excluding tert-OH is 1. The molecule has 1 saturated heterocycles. The smallest absolute Gasteiger partial charge is 0.142 e. The van der Waals surface area contributed by atoms with Crippen molar-refractivity contribution in [2.45, 2.75) is 38.8 Å². The van der Waals surface area contributed by atoms with Gasteiger partial charge < -0.3 is 20.1 Å². The second kappa shape index (κ2) is 8.26. The Labute approximate surface area is 150 Å². The quantitative estimate of drug-likeness (QED) is 0.826. The van der Waals surface area contributed by atoms with Gasteiger partial charge in [-0.1, -0.05) is 24.3 Å². The number of nitrogens with one attached hydrogen (secondary N) is 1. The van der Waals surface area contributed by atoms with E-state index >= 15 is 0 Å². The molecule has 0 saturated carbocycles. The summed E-state index contributed by atoms with van der Waals surface area (Å²) in [4.78, 5) is 2.35. The third kappa shape index (κ3) is 4.45. The summed E-state index contributed by atoms with van der Waals surface area (Å²) in [5, 5.41) is 13.2. The molecule has 4 heteroatoms. The number of nitrogens with zero attached hydrogens (tertiary/aromatic N) is 1. The van der Waals surface area contributed by atoms with Gasteiger partial charge in [0.1, 0.15) is 5.75 Å². The van der Waals surface area contributed by atoms with Crippen LogP contribution in [0, 0.1) is 0 Å². The first-order valence-electron chi connectivity index (χ1n) is 9.18. The van der Waals surface area contributed by atoms with E-state index in [0.29, 0.717) is 6.61 Å². The predicted octanol–water partition coefficient (Wildman–Crippen LogP) is 4.22. The zero-order valence-electron chi connectivity index (χ0n) is 15.1.